The zero-order valence-electron chi connectivity index (χ0n) is 20.3. The van der Waals surface area contributed by atoms with Crippen LogP contribution < -0.4 is 10.6 Å². The summed E-state index contributed by atoms with van der Waals surface area (Å²) in [6, 6.07) is 19.2. The number of benzene rings is 2. The molecule has 2 aromatic carbocycles. The van der Waals surface area contributed by atoms with Gasteiger partial charge >= 0.3 is 7.60 Å². The lowest BCUT2D eigenvalue weighted by molar-refractivity contribution is -0.116. The van der Waals surface area contributed by atoms with Gasteiger partial charge in [0.2, 0.25) is 11.8 Å². The molecule has 0 spiro atoms. The van der Waals surface area contributed by atoms with Crippen molar-refractivity contribution in [2.75, 3.05) is 18.5 Å². The van der Waals surface area contributed by atoms with E-state index in [0.717, 1.165) is 5.56 Å². The van der Waals surface area contributed by atoms with E-state index in [2.05, 4.69) is 25.5 Å². The number of carbonyl (C=O) groups excluding carboxylic acids is 1. The van der Waals surface area contributed by atoms with E-state index in [1.807, 2.05) is 30.3 Å². The van der Waals surface area contributed by atoms with Gasteiger partial charge in [-0.25, -0.2) is 4.98 Å². The molecule has 0 aliphatic rings. The third-order valence-corrected chi connectivity index (χ3v) is 7.49. The summed E-state index contributed by atoms with van der Waals surface area (Å²) in [4.78, 5) is 21.7. The van der Waals surface area contributed by atoms with Crippen LogP contribution in [0.15, 0.2) is 79.1 Å². The molecule has 1 unspecified atom stereocenters. The van der Waals surface area contributed by atoms with E-state index in [9.17, 15) is 14.5 Å². The van der Waals surface area contributed by atoms with Crippen LogP contribution in [0.2, 0.25) is 0 Å². The lowest BCUT2D eigenvalue weighted by Crippen LogP contribution is -2.23. The predicted molar refractivity (Wildman–Crippen MR) is 139 cm³/mol. The standard InChI is InChI=1S/C26H26N5O5P/c1-3-35-37(34,36-4-2)20-14-12-19(13-15-20)23(18-9-6-5-7-10-18)26(33)29-22-17-27-24(30-25(22)32)21-11-8-16-28-31-21/h5-17,23H,3-4H2,1-2H3,(H,29,33)(H,27,30,32). The molecule has 0 bridgehead atoms. The van der Waals surface area contributed by atoms with E-state index >= 15 is 0 Å². The Balaban J connectivity index is 1.63. The molecule has 11 heteroatoms. The first-order chi connectivity index (χ1) is 17.9. The molecule has 0 radical (unpaired) electrons. The van der Waals surface area contributed by atoms with Crippen molar-refractivity contribution in [2.24, 2.45) is 0 Å². The number of amides is 1. The Labute approximate surface area is 214 Å². The van der Waals surface area contributed by atoms with Gasteiger partial charge in [-0.2, -0.15) is 10.1 Å². The van der Waals surface area contributed by atoms with Crippen LogP contribution in [0.1, 0.15) is 30.9 Å². The minimum Gasteiger partial charge on any atom is -0.492 e. The van der Waals surface area contributed by atoms with Gasteiger partial charge in [0, 0.05) is 6.20 Å². The molecule has 2 aromatic heterocycles. The molecule has 37 heavy (non-hydrogen) atoms. The minimum atomic E-state index is -3.47. The summed E-state index contributed by atoms with van der Waals surface area (Å²) in [5.41, 5.74) is 1.80. The van der Waals surface area contributed by atoms with Gasteiger partial charge in [0.25, 0.3) is 0 Å². The zero-order chi connectivity index (χ0) is 26.3. The first kappa shape index (κ1) is 26.1. The molecule has 0 saturated heterocycles. The smallest absolute Gasteiger partial charge is 0.361 e. The molecule has 190 valence electrons. The van der Waals surface area contributed by atoms with Crippen molar-refractivity contribution in [3.63, 3.8) is 0 Å². The van der Waals surface area contributed by atoms with Gasteiger partial charge in [0.15, 0.2) is 5.82 Å². The van der Waals surface area contributed by atoms with Crippen LogP contribution >= 0.6 is 7.60 Å². The SMILES string of the molecule is CCOP(=O)(OCC)c1ccc(C(C(=O)Nc2cnc(-c3cccnn3)nc2O)c2ccccc2)cc1. The Bertz CT molecular complexity index is 1380. The van der Waals surface area contributed by atoms with Crippen molar-refractivity contribution in [1.29, 1.82) is 0 Å². The predicted octanol–water partition coefficient (Wildman–Crippen LogP) is 4.30. The fourth-order valence-electron chi connectivity index (χ4n) is 3.73. The van der Waals surface area contributed by atoms with Crippen LogP contribution in [-0.2, 0) is 18.4 Å². The van der Waals surface area contributed by atoms with Crippen molar-refractivity contribution in [1.82, 2.24) is 20.2 Å². The van der Waals surface area contributed by atoms with Crippen LogP contribution in [0.25, 0.3) is 11.5 Å². The lowest BCUT2D eigenvalue weighted by Gasteiger charge is -2.20. The first-order valence-electron chi connectivity index (χ1n) is 11.6. The highest BCUT2D eigenvalue weighted by Crippen LogP contribution is 2.47. The largest absolute Gasteiger partial charge is 0.492 e. The number of hydrogen-bond acceptors (Lipinski definition) is 9. The topological polar surface area (TPSA) is 136 Å². The number of rotatable bonds is 10. The Morgan fingerprint density at radius 2 is 1.65 bits per heavy atom. The molecule has 4 aromatic rings. The fourth-order valence-corrected chi connectivity index (χ4v) is 5.29. The molecule has 10 nitrogen and oxygen atoms in total. The number of aromatic nitrogens is 4. The second-order valence-electron chi connectivity index (χ2n) is 7.80. The van der Waals surface area contributed by atoms with E-state index < -0.39 is 25.3 Å². The third kappa shape index (κ3) is 6.06. The average Bonchev–Trinajstić information content (AvgIpc) is 2.92. The monoisotopic (exact) mass is 519 g/mol. The van der Waals surface area contributed by atoms with Crippen LogP contribution in [0.5, 0.6) is 5.88 Å². The number of aromatic hydroxyl groups is 1. The van der Waals surface area contributed by atoms with Gasteiger partial charge in [0.05, 0.1) is 30.6 Å². The molecular formula is C26H26N5O5P. The second kappa shape index (κ2) is 11.8. The van der Waals surface area contributed by atoms with Gasteiger partial charge in [-0.05, 0) is 49.2 Å². The summed E-state index contributed by atoms with van der Waals surface area (Å²) in [7, 11) is -3.47. The third-order valence-electron chi connectivity index (χ3n) is 5.36. The normalized spacial score (nSPS) is 12.2. The van der Waals surface area contributed by atoms with E-state index in [0.29, 0.717) is 16.6 Å². The highest BCUT2D eigenvalue weighted by Gasteiger charge is 2.29. The minimum absolute atomic E-state index is 0.0485. The van der Waals surface area contributed by atoms with E-state index in [1.165, 1.54) is 12.4 Å². The summed E-state index contributed by atoms with van der Waals surface area (Å²) in [6.45, 7) is 3.95. The lowest BCUT2D eigenvalue weighted by atomic mass is 9.90. The highest BCUT2D eigenvalue weighted by atomic mass is 31.2. The maximum atomic E-state index is 13.5. The number of anilines is 1. The molecule has 0 fully saturated rings. The molecular weight excluding hydrogens is 493 g/mol. The molecule has 0 saturated carbocycles. The Morgan fingerprint density at radius 1 is 0.973 bits per heavy atom. The van der Waals surface area contributed by atoms with Crippen molar-refractivity contribution >= 4 is 24.5 Å². The second-order valence-corrected chi connectivity index (χ2v) is 9.83. The quantitative estimate of drug-likeness (QED) is 0.294. The summed E-state index contributed by atoms with van der Waals surface area (Å²) < 4.78 is 24.0. The van der Waals surface area contributed by atoms with E-state index in [4.69, 9.17) is 9.05 Å². The summed E-state index contributed by atoms with van der Waals surface area (Å²) in [5, 5.41) is 21.3. The number of nitrogens with one attached hydrogen (secondary N) is 1. The number of hydrogen-bond donors (Lipinski definition) is 2. The molecule has 1 amide bonds. The van der Waals surface area contributed by atoms with Crippen molar-refractivity contribution in [3.05, 3.63) is 90.3 Å². The van der Waals surface area contributed by atoms with Gasteiger partial charge in [-0.1, -0.05) is 42.5 Å². The van der Waals surface area contributed by atoms with Crippen LogP contribution in [-0.4, -0.2) is 44.4 Å². The van der Waals surface area contributed by atoms with Gasteiger partial charge in [0.1, 0.15) is 11.4 Å². The summed E-state index contributed by atoms with van der Waals surface area (Å²) >= 11 is 0. The highest BCUT2D eigenvalue weighted by molar-refractivity contribution is 7.62. The van der Waals surface area contributed by atoms with Gasteiger partial charge in [-0.15, -0.1) is 5.10 Å². The van der Waals surface area contributed by atoms with Crippen LogP contribution in [0.3, 0.4) is 0 Å². The Kier molecular flexibility index (Phi) is 8.35. The Hall–Kier alpha value is -3.98. The summed E-state index contributed by atoms with van der Waals surface area (Å²) in [6.07, 6.45) is 2.83. The zero-order valence-corrected chi connectivity index (χ0v) is 21.2. The maximum absolute atomic E-state index is 13.5. The fraction of sp³-hybridized carbons (Fsp3) is 0.192. The molecule has 0 aliphatic carbocycles. The maximum Gasteiger partial charge on any atom is 0.361 e. The number of carbonyl (C=O) groups is 1. The number of nitrogens with zero attached hydrogens (tertiary/aromatic N) is 4. The van der Waals surface area contributed by atoms with Crippen molar-refractivity contribution in [2.45, 2.75) is 19.8 Å². The van der Waals surface area contributed by atoms with E-state index in [-0.39, 0.29) is 24.7 Å². The molecule has 2 N–H and O–H groups in total. The van der Waals surface area contributed by atoms with Crippen LogP contribution in [0.4, 0.5) is 5.69 Å². The van der Waals surface area contributed by atoms with E-state index in [1.54, 1.807) is 50.2 Å². The summed E-state index contributed by atoms with van der Waals surface area (Å²) in [5.74, 6) is -1.39. The first-order valence-corrected chi connectivity index (χ1v) is 13.2. The molecule has 0 aliphatic heterocycles. The van der Waals surface area contributed by atoms with Crippen LogP contribution in [0, 0.1) is 0 Å². The molecule has 1 atom stereocenters. The molecule has 2 heterocycles. The average molecular weight is 519 g/mol. The Morgan fingerprint density at radius 3 is 2.24 bits per heavy atom. The van der Waals surface area contributed by atoms with Gasteiger partial charge in [-0.3, -0.25) is 9.36 Å². The molecule has 4 rings (SSSR count). The van der Waals surface area contributed by atoms with Gasteiger partial charge < -0.3 is 19.5 Å². The van der Waals surface area contributed by atoms with Crippen molar-refractivity contribution < 1.29 is 23.5 Å². The van der Waals surface area contributed by atoms with Crippen molar-refractivity contribution in [3.8, 4) is 17.4 Å².